The van der Waals surface area contributed by atoms with Gasteiger partial charge in [0.2, 0.25) is 0 Å². The standard InChI is InChI=1S/C20H29N/c1-15-10-8-9-11-19(15)16(2)12-18(13-20(4,5)6)17(3)14-21-7/h8-12,14,21H,2,13H2,1,3-7H3/b17-14-,18-12-. The quantitative estimate of drug-likeness (QED) is 0.704. The summed E-state index contributed by atoms with van der Waals surface area (Å²) in [6.45, 7) is 15.4. The number of nitrogens with one attached hydrogen (secondary N) is 1. The first-order valence-electron chi connectivity index (χ1n) is 7.54. The second-order valence-corrected chi connectivity index (χ2v) is 6.86. The molecule has 0 aliphatic rings. The second-order valence-electron chi connectivity index (χ2n) is 6.86. The van der Waals surface area contributed by atoms with Gasteiger partial charge in [-0.05, 0) is 59.7 Å². The van der Waals surface area contributed by atoms with Crippen molar-refractivity contribution in [1.82, 2.24) is 5.32 Å². The first-order chi connectivity index (χ1) is 9.74. The van der Waals surface area contributed by atoms with Gasteiger partial charge in [-0.15, -0.1) is 0 Å². The molecule has 0 aliphatic carbocycles. The van der Waals surface area contributed by atoms with Gasteiger partial charge in [0.1, 0.15) is 0 Å². The van der Waals surface area contributed by atoms with Crippen LogP contribution in [0.2, 0.25) is 0 Å². The lowest BCUT2D eigenvalue weighted by Gasteiger charge is -2.21. The molecule has 1 rings (SSSR count). The Balaban J connectivity index is 3.16. The maximum atomic E-state index is 4.27. The van der Waals surface area contributed by atoms with E-state index in [0.717, 1.165) is 12.0 Å². The molecule has 114 valence electrons. The largest absolute Gasteiger partial charge is 0.394 e. The zero-order chi connectivity index (χ0) is 16.0. The maximum Gasteiger partial charge on any atom is 0.00278 e. The van der Waals surface area contributed by atoms with Gasteiger partial charge in [-0.3, -0.25) is 0 Å². The monoisotopic (exact) mass is 283 g/mol. The first kappa shape index (κ1) is 17.3. The molecule has 0 aliphatic heterocycles. The van der Waals surface area contributed by atoms with Gasteiger partial charge in [-0.25, -0.2) is 0 Å². The molecule has 0 aromatic heterocycles. The molecule has 1 aromatic rings. The third-order valence-electron chi connectivity index (χ3n) is 3.43. The molecule has 1 N–H and O–H groups in total. The fourth-order valence-electron chi connectivity index (χ4n) is 2.41. The molecule has 0 radical (unpaired) electrons. The number of hydrogen-bond acceptors (Lipinski definition) is 1. The minimum atomic E-state index is 0.251. The zero-order valence-corrected chi connectivity index (χ0v) is 14.4. The Kier molecular flexibility index (Phi) is 6.02. The van der Waals surface area contributed by atoms with Gasteiger partial charge in [-0.2, -0.15) is 0 Å². The molecule has 0 saturated carbocycles. The van der Waals surface area contributed by atoms with E-state index in [1.54, 1.807) is 0 Å². The molecule has 0 spiro atoms. The average Bonchev–Trinajstić information content (AvgIpc) is 2.37. The summed E-state index contributed by atoms with van der Waals surface area (Å²) in [6.07, 6.45) is 5.32. The summed E-state index contributed by atoms with van der Waals surface area (Å²) in [5.41, 5.74) is 6.43. The highest BCUT2D eigenvalue weighted by Gasteiger charge is 2.15. The van der Waals surface area contributed by atoms with Crippen LogP contribution in [-0.2, 0) is 0 Å². The summed E-state index contributed by atoms with van der Waals surface area (Å²) in [4.78, 5) is 0. The van der Waals surface area contributed by atoms with Gasteiger partial charge < -0.3 is 5.32 Å². The van der Waals surface area contributed by atoms with E-state index in [1.165, 1.54) is 22.3 Å². The third-order valence-corrected chi connectivity index (χ3v) is 3.43. The fourth-order valence-corrected chi connectivity index (χ4v) is 2.41. The number of allylic oxidation sites excluding steroid dienone is 4. The van der Waals surface area contributed by atoms with Crippen molar-refractivity contribution in [2.24, 2.45) is 5.41 Å². The molecule has 0 bridgehead atoms. The summed E-state index contributed by atoms with van der Waals surface area (Å²) < 4.78 is 0. The summed E-state index contributed by atoms with van der Waals surface area (Å²) in [5.74, 6) is 0. The second kappa shape index (κ2) is 7.31. The smallest absolute Gasteiger partial charge is 0.00278 e. The zero-order valence-electron chi connectivity index (χ0n) is 14.4. The Morgan fingerprint density at radius 1 is 1.24 bits per heavy atom. The van der Waals surface area contributed by atoms with Gasteiger partial charge in [0.15, 0.2) is 0 Å². The van der Waals surface area contributed by atoms with Crippen LogP contribution < -0.4 is 5.32 Å². The fraction of sp³-hybridized carbons (Fsp3) is 0.400. The predicted octanol–water partition coefficient (Wildman–Crippen LogP) is 5.49. The molecule has 0 unspecified atom stereocenters. The minimum Gasteiger partial charge on any atom is -0.394 e. The van der Waals surface area contributed by atoms with Crippen LogP contribution in [0, 0.1) is 12.3 Å². The highest BCUT2D eigenvalue weighted by molar-refractivity contribution is 5.75. The molecule has 0 fully saturated rings. The molecule has 1 nitrogen and oxygen atoms in total. The molecule has 0 saturated heterocycles. The number of aryl methyl sites for hydroxylation is 1. The number of rotatable bonds is 5. The van der Waals surface area contributed by atoms with E-state index in [4.69, 9.17) is 0 Å². The topological polar surface area (TPSA) is 12.0 Å². The van der Waals surface area contributed by atoms with Crippen LogP contribution in [0.5, 0.6) is 0 Å². The van der Waals surface area contributed by atoms with Crippen LogP contribution in [0.1, 0.15) is 45.2 Å². The summed E-state index contributed by atoms with van der Waals surface area (Å²) >= 11 is 0. The lowest BCUT2D eigenvalue weighted by Crippen LogP contribution is -2.08. The van der Waals surface area contributed by atoms with E-state index >= 15 is 0 Å². The van der Waals surface area contributed by atoms with Crippen molar-refractivity contribution in [3.63, 3.8) is 0 Å². The van der Waals surface area contributed by atoms with Gasteiger partial charge >= 0.3 is 0 Å². The molecule has 21 heavy (non-hydrogen) atoms. The van der Waals surface area contributed by atoms with Crippen LogP contribution in [0.3, 0.4) is 0 Å². The molecule has 0 atom stereocenters. The SMILES string of the molecule is C=C(/C=C(CC(C)(C)C)\C(C)=C/NC)c1ccccc1C. The van der Waals surface area contributed by atoms with Crippen LogP contribution in [0.25, 0.3) is 5.57 Å². The van der Waals surface area contributed by atoms with Crippen molar-refractivity contribution in [3.05, 3.63) is 65.4 Å². The van der Waals surface area contributed by atoms with Crippen LogP contribution in [0.15, 0.2) is 54.3 Å². The predicted molar refractivity (Wildman–Crippen MR) is 95.2 cm³/mol. The van der Waals surface area contributed by atoms with Crippen LogP contribution >= 0.6 is 0 Å². The Morgan fingerprint density at radius 2 is 1.86 bits per heavy atom. The van der Waals surface area contributed by atoms with E-state index in [9.17, 15) is 0 Å². The van der Waals surface area contributed by atoms with Crippen molar-refractivity contribution < 1.29 is 0 Å². The van der Waals surface area contributed by atoms with E-state index < -0.39 is 0 Å². The van der Waals surface area contributed by atoms with Crippen LogP contribution in [0.4, 0.5) is 0 Å². The molecule has 0 amide bonds. The molecular weight excluding hydrogens is 254 g/mol. The molecule has 1 heteroatoms. The van der Waals surface area contributed by atoms with Gasteiger partial charge in [0.05, 0.1) is 0 Å². The van der Waals surface area contributed by atoms with Gasteiger partial charge in [0.25, 0.3) is 0 Å². The third kappa shape index (κ3) is 5.63. The lowest BCUT2D eigenvalue weighted by atomic mass is 9.84. The molecular formula is C20H29N. The van der Waals surface area contributed by atoms with E-state index in [0.29, 0.717) is 0 Å². The lowest BCUT2D eigenvalue weighted by molar-refractivity contribution is 0.411. The van der Waals surface area contributed by atoms with Gasteiger partial charge in [0, 0.05) is 7.05 Å². The average molecular weight is 283 g/mol. The normalized spacial score (nSPS) is 13.2. The maximum absolute atomic E-state index is 4.27. The van der Waals surface area contributed by atoms with E-state index in [2.05, 4.69) is 83.1 Å². The Labute approximate surface area is 130 Å². The Hall–Kier alpha value is -1.76. The van der Waals surface area contributed by atoms with Crippen molar-refractivity contribution in [3.8, 4) is 0 Å². The summed E-state index contributed by atoms with van der Waals surface area (Å²) in [5, 5.41) is 3.13. The van der Waals surface area contributed by atoms with Crippen molar-refractivity contribution in [1.29, 1.82) is 0 Å². The molecule has 0 heterocycles. The van der Waals surface area contributed by atoms with Crippen molar-refractivity contribution in [2.45, 2.75) is 41.0 Å². The van der Waals surface area contributed by atoms with E-state index in [-0.39, 0.29) is 5.41 Å². The number of benzene rings is 1. The summed E-state index contributed by atoms with van der Waals surface area (Å²) in [7, 11) is 1.94. The minimum absolute atomic E-state index is 0.251. The highest BCUT2D eigenvalue weighted by atomic mass is 14.8. The van der Waals surface area contributed by atoms with Crippen molar-refractivity contribution >= 4 is 5.57 Å². The first-order valence-corrected chi connectivity index (χ1v) is 7.54. The Bertz CT molecular complexity index is 553. The molecule has 1 aromatic carbocycles. The van der Waals surface area contributed by atoms with E-state index in [1.807, 2.05) is 7.05 Å². The van der Waals surface area contributed by atoms with Gasteiger partial charge in [-0.1, -0.05) is 57.7 Å². The summed E-state index contributed by atoms with van der Waals surface area (Å²) in [6, 6.07) is 8.41. The van der Waals surface area contributed by atoms with Crippen LogP contribution in [-0.4, -0.2) is 7.05 Å². The van der Waals surface area contributed by atoms with Crippen molar-refractivity contribution in [2.75, 3.05) is 7.05 Å². The Morgan fingerprint density at radius 3 is 2.38 bits per heavy atom. The highest BCUT2D eigenvalue weighted by Crippen LogP contribution is 2.30. The number of hydrogen-bond donors (Lipinski definition) is 1.